The Kier molecular flexibility index (Phi) is 4.62. The standard InChI is InChI=1S/C9H17NO3/c1-5(2)8(12)9(13)6(3)10-7(4)11/h5-6,9,13H,1-4H3,(H,10,11). The molecule has 2 N–H and O–H groups in total. The molecule has 4 heteroatoms. The van der Waals surface area contributed by atoms with Crippen LogP contribution in [0.25, 0.3) is 0 Å². The Labute approximate surface area is 78.3 Å². The summed E-state index contributed by atoms with van der Waals surface area (Å²) in [5.74, 6) is -0.712. The minimum absolute atomic E-state index is 0.216. The Morgan fingerprint density at radius 3 is 2.00 bits per heavy atom. The summed E-state index contributed by atoms with van der Waals surface area (Å²) >= 11 is 0. The van der Waals surface area contributed by atoms with Crippen molar-refractivity contribution in [3.8, 4) is 0 Å². The Balaban J connectivity index is 4.17. The van der Waals surface area contributed by atoms with Crippen LogP contribution in [0.4, 0.5) is 0 Å². The number of Topliss-reactive ketones (excluding diaryl/α,β-unsaturated/α-hetero) is 1. The first-order valence-corrected chi connectivity index (χ1v) is 4.35. The molecule has 0 aromatic carbocycles. The fraction of sp³-hybridized carbons (Fsp3) is 0.778. The van der Waals surface area contributed by atoms with Crippen LogP contribution in [0.15, 0.2) is 0 Å². The molecule has 0 aromatic rings. The lowest BCUT2D eigenvalue weighted by molar-refractivity contribution is -0.132. The molecular weight excluding hydrogens is 170 g/mol. The first kappa shape index (κ1) is 12.1. The van der Waals surface area contributed by atoms with Gasteiger partial charge in [0.25, 0.3) is 0 Å². The van der Waals surface area contributed by atoms with Crippen LogP contribution in [0, 0.1) is 5.92 Å². The average Bonchev–Trinajstić information content (AvgIpc) is 2.00. The van der Waals surface area contributed by atoms with Crippen molar-refractivity contribution in [2.75, 3.05) is 0 Å². The minimum atomic E-state index is -1.11. The Bertz CT molecular complexity index is 201. The van der Waals surface area contributed by atoms with Gasteiger partial charge in [-0.15, -0.1) is 0 Å². The molecule has 76 valence electrons. The molecule has 0 spiro atoms. The topological polar surface area (TPSA) is 66.4 Å². The molecule has 4 nitrogen and oxygen atoms in total. The number of aliphatic hydroxyl groups is 1. The molecule has 0 radical (unpaired) electrons. The highest BCUT2D eigenvalue weighted by Gasteiger charge is 2.24. The number of carbonyl (C=O) groups excluding carboxylic acids is 2. The lowest BCUT2D eigenvalue weighted by atomic mass is 9.99. The van der Waals surface area contributed by atoms with Crippen molar-refractivity contribution >= 4 is 11.7 Å². The largest absolute Gasteiger partial charge is 0.383 e. The van der Waals surface area contributed by atoms with Gasteiger partial charge in [0.05, 0.1) is 6.04 Å². The summed E-state index contributed by atoms with van der Waals surface area (Å²) in [4.78, 5) is 21.9. The molecule has 0 saturated heterocycles. The SMILES string of the molecule is CC(=O)NC(C)C(O)C(=O)C(C)C. The van der Waals surface area contributed by atoms with Gasteiger partial charge < -0.3 is 10.4 Å². The summed E-state index contributed by atoms with van der Waals surface area (Å²) in [5.41, 5.74) is 0. The molecule has 0 fully saturated rings. The van der Waals surface area contributed by atoms with Gasteiger partial charge in [0.1, 0.15) is 6.10 Å². The van der Waals surface area contributed by atoms with Crippen LogP contribution in [0.2, 0.25) is 0 Å². The average molecular weight is 187 g/mol. The number of aliphatic hydroxyl groups excluding tert-OH is 1. The van der Waals surface area contributed by atoms with E-state index < -0.39 is 12.1 Å². The highest BCUT2D eigenvalue weighted by molar-refractivity contribution is 5.86. The van der Waals surface area contributed by atoms with Gasteiger partial charge in [-0.3, -0.25) is 9.59 Å². The van der Waals surface area contributed by atoms with E-state index in [1.165, 1.54) is 6.92 Å². The molecule has 1 amide bonds. The molecule has 0 aromatic heterocycles. The quantitative estimate of drug-likeness (QED) is 0.656. The number of nitrogens with one attached hydrogen (secondary N) is 1. The van der Waals surface area contributed by atoms with Crippen LogP contribution in [0.1, 0.15) is 27.7 Å². The highest BCUT2D eigenvalue weighted by atomic mass is 16.3. The molecule has 0 saturated carbocycles. The van der Waals surface area contributed by atoms with Gasteiger partial charge in [-0.2, -0.15) is 0 Å². The summed E-state index contributed by atoms with van der Waals surface area (Å²) in [5, 5.41) is 11.9. The molecule has 2 unspecified atom stereocenters. The van der Waals surface area contributed by atoms with Crippen molar-refractivity contribution in [3.05, 3.63) is 0 Å². The van der Waals surface area contributed by atoms with Crippen molar-refractivity contribution < 1.29 is 14.7 Å². The summed E-state index contributed by atoms with van der Waals surface area (Å²) in [7, 11) is 0. The number of amides is 1. The van der Waals surface area contributed by atoms with Gasteiger partial charge in [0.15, 0.2) is 5.78 Å². The normalized spacial score (nSPS) is 15.2. The molecule has 13 heavy (non-hydrogen) atoms. The van der Waals surface area contributed by atoms with Crippen LogP contribution in [0.3, 0.4) is 0 Å². The molecule has 0 aliphatic heterocycles. The minimum Gasteiger partial charge on any atom is -0.383 e. The van der Waals surface area contributed by atoms with E-state index in [2.05, 4.69) is 5.32 Å². The zero-order chi connectivity index (χ0) is 10.6. The van der Waals surface area contributed by atoms with E-state index in [1.807, 2.05) is 0 Å². The van der Waals surface area contributed by atoms with E-state index in [0.29, 0.717) is 0 Å². The molecule has 0 rings (SSSR count). The monoisotopic (exact) mass is 187 g/mol. The van der Waals surface area contributed by atoms with Crippen LogP contribution in [-0.4, -0.2) is 28.9 Å². The van der Waals surface area contributed by atoms with Crippen LogP contribution in [0.5, 0.6) is 0 Å². The maximum absolute atomic E-state index is 11.3. The van der Waals surface area contributed by atoms with Gasteiger partial charge in [-0.25, -0.2) is 0 Å². The van der Waals surface area contributed by atoms with E-state index in [0.717, 1.165) is 0 Å². The molecule has 0 aliphatic rings. The molecule has 0 aliphatic carbocycles. The molecule has 0 heterocycles. The fourth-order valence-electron chi connectivity index (χ4n) is 0.987. The second-order valence-corrected chi connectivity index (χ2v) is 3.49. The van der Waals surface area contributed by atoms with Gasteiger partial charge in [-0.05, 0) is 6.92 Å². The highest BCUT2D eigenvalue weighted by Crippen LogP contribution is 2.03. The smallest absolute Gasteiger partial charge is 0.217 e. The summed E-state index contributed by atoms with van der Waals surface area (Å²) in [6, 6.07) is -0.521. The number of rotatable bonds is 4. The van der Waals surface area contributed by atoms with Gasteiger partial charge in [-0.1, -0.05) is 13.8 Å². The number of hydrogen-bond donors (Lipinski definition) is 2. The third kappa shape index (κ3) is 4.03. The maximum Gasteiger partial charge on any atom is 0.217 e. The second-order valence-electron chi connectivity index (χ2n) is 3.49. The van der Waals surface area contributed by atoms with Crippen molar-refractivity contribution in [2.24, 2.45) is 5.92 Å². The van der Waals surface area contributed by atoms with Crippen molar-refractivity contribution in [1.29, 1.82) is 0 Å². The van der Waals surface area contributed by atoms with E-state index in [9.17, 15) is 14.7 Å². The summed E-state index contributed by atoms with van der Waals surface area (Å²) in [6.07, 6.45) is -1.11. The number of hydrogen-bond acceptors (Lipinski definition) is 3. The zero-order valence-electron chi connectivity index (χ0n) is 8.50. The van der Waals surface area contributed by atoms with Crippen LogP contribution in [-0.2, 0) is 9.59 Å². The van der Waals surface area contributed by atoms with Crippen LogP contribution < -0.4 is 5.32 Å². The van der Waals surface area contributed by atoms with Crippen molar-refractivity contribution in [1.82, 2.24) is 5.32 Å². The predicted octanol–water partition coefficient (Wildman–Crippen LogP) is 0.0970. The zero-order valence-corrected chi connectivity index (χ0v) is 8.50. The third-order valence-electron chi connectivity index (χ3n) is 1.77. The fourth-order valence-corrected chi connectivity index (χ4v) is 0.987. The predicted molar refractivity (Wildman–Crippen MR) is 49.1 cm³/mol. The van der Waals surface area contributed by atoms with E-state index >= 15 is 0 Å². The summed E-state index contributed by atoms with van der Waals surface area (Å²) in [6.45, 7) is 6.38. The Morgan fingerprint density at radius 1 is 1.23 bits per heavy atom. The molecular formula is C9H17NO3. The number of carbonyl (C=O) groups is 2. The molecule has 2 atom stereocenters. The van der Waals surface area contributed by atoms with E-state index in [4.69, 9.17) is 0 Å². The lowest BCUT2D eigenvalue weighted by Gasteiger charge is -2.19. The number of ketones is 1. The Morgan fingerprint density at radius 2 is 1.69 bits per heavy atom. The molecule has 0 bridgehead atoms. The van der Waals surface area contributed by atoms with Gasteiger partial charge >= 0.3 is 0 Å². The van der Waals surface area contributed by atoms with Gasteiger partial charge in [0.2, 0.25) is 5.91 Å². The van der Waals surface area contributed by atoms with Crippen LogP contribution >= 0.6 is 0 Å². The van der Waals surface area contributed by atoms with Gasteiger partial charge in [0, 0.05) is 12.8 Å². The first-order chi connectivity index (χ1) is 5.86. The Hall–Kier alpha value is -0.900. The van der Waals surface area contributed by atoms with Crippen molar-refractivity contribution in [3.63, 3.8) is 0 Å². The lowest BCUT2D eigenvalue weighted by Crippen LogP contribution is -2.45. The third-order valence-corrected chi connectivity index (χ3v) is 1.77. The van der Waals surface area contributed by atoms with Crippen molar-refractivity contribution in [2.45, 2.75) is 39.8 Å². The second kappa shape index (κ2) is 4.97. The first-order valence-electron chi connectivity index (χ1n) is 4.35. The van der Waals surface area contributed by atoms with E-state index in [1.54, 1.807) is 20.8 Å². The van der Waals surface area contributed by atoms with E-state index in [-0.39, 0.29) is 17.6 Å². The summed E-state index contributed by atoms with van der Waals surface area (Å²) < 4.78 is 0. The maximum atomic E-state index is 11.3.